The molecule has 2 aromatic carbocycles. The van der Waals surface area contributed by atoms with Crippen LogP contribution in [0.5, 0.6) is 0 Å². The average molecular weight is 324 g/mol. The van der Waals surface area contributed by atoms with Gasteiger partial charge in [-0.3, -0.25) is 0 Å². The van der Waals surface area contributed by atoms with E-state index >= 15 is 0 Å². The van der Waals surface area contributed by atoms with E-state index in [1.165, 1.54) is 0 Å². The van der Waals surface area contributed by atoms with Crippen LogP contribution in [0.25, 0.3) is 0 Å². The molecular formula is C20H26N3O+. The Balaban J connectivity index is 2.19. The van der Waals surface area contributed by atoms with Crippen LogP contribution in [0, 0.1) is 11.3 Å². The SMILES string of the molecule is C[C@H]([C@H](O)c1ccccc1)[NH+](C)[C@H](C#N)c1ccc(N(C)C)cc1. The number of nitrogens with one attached hydrogen (secondary N) is 1. The zero-order valence-electron chi connectivity index (χ0n) is 14.8. The Labute approximate surface area is 144 Å². The zero-order chi connectivity index (χ0) is 17.7. The predicted octanol–water partition coefficient (Wildman–Crippen LogP) is 1.95. The predicted molar refractivity (Wildman–Crippen MR) is 96.9 cm³/mol. The summed E-state index contributed by atoms with van der Waals surface area (Å²) in [5.74, 6) is 0. The molecule has 0 amide bonds. The minimum Gasteiger partial charge on any atom is -0.382 e. The summed E-state index contributed by atoms with van der Waals surface area (Å²) in [5, 5.41) is 20.3. The number of aliphatic hydroxyl groups excluding tert-OH is 1. The average Bonchev–Trinajstić information content (AvgIpc) is 2.62. The molecule has 2 rings (SSSR count). The fourth-order valence-corrected chi connectivity index (χ4v) is 2.85. The van der Waals surface area contributed by atoms with Gasteiger partial charge in [0.05, 0.1) is 7.05 Å². The molecule has 4 heteroatoms. The molecule has 0 saturated heterocycles. The second-order valence-electron chi connectivity index (χ2n) is 6.44. The number of hydrogen-bond donors (Lipinski definition) is 2. The van der Waals surface area contributed by atoms with E-state index in [9.17, 15) is 10.4 Å². The zero-order valence-corrected chi connectivity index (χ0v) is 14.8. The van der Waals surface area contributed by atoms with Crippen LogP contribution in [0.4, 0.5) is 5.69 Å². The lowest BCUT2D eigenvalue weighted by atomic mass is 9.99. The maximum absolute atomic E-state index is 10.6. The minimum absolute atomic E-state index is 0.106. The quantitative estimate of drug-likeness (QED) is 0.854. The van der Waals surface area contributed by atoms with Gasteiger partial charge in [0.25, 0.3) is 0 Å². The van der Waals surface area contributed by atoms with Gasteiger partial charge < -0.3 is 14.9 Å². The normalized spacial score (nSPS) is 15.8. The third-order valence-electron chi connectivity index (χ3n) is 4.66. The van der Waals surface area contributed by atoms with Crippen LogP contribution in [0.15, 0.2) is 54.6 Å². The first kappa shape index (κ1) is 18.0. The minimum atomic E-state index is -0.608. The van der Waals surface area contributed by atoms with E-state index in [0.29, 0.717) is 0 Å². The van der Waals surface area contributed by atoms with Gasteiger partial charge in [0.2, 0.25) is 6.04 Å². The Morgan fingerprint density at radius 1 is 1.00 bits per heavy atom. The van der Waals surface area contributed by atoms with Crippen molar-refractivity contribution in [2.24, 2.45) is 0 Å². The van der Waals surface area contributed by atoms with Crippen molar-refractivity contribution in [3.8, 4) is 6.07 Å². The Hall–Kier alpha value is -2.35. The summed E-state index contributed by atoms with van der Waals surface area (Å²) in [5.41, 5.74) is 2.95. The third-order valence-corrected chi connectivity index (χ3v) is 4.66. The Morgan fingerprint density at radius 3 is 2.08 bits per heavy atom. The van der Waals surface area contributed by atoms with Gasteiger partial charge in [-0.2, -0.15) is 5.26 Å². The van der Waals surface area contributed by atoms with E-state index in [-0.39, 0.29) is 12.1 Å². The second-order valence-corrected chi connectivity index (χ2v) is 6.44. The fourth-order valence-electron chi connectivity index (χ4n) is 2.85. The number of nitrogens with zero attached hydrogens (tertiary/aromatic N) is 2. The molecule has 0 aliphatic heterocycles. The van der Waals surface area contributed by atoms with Gasteiger partial charge in [-0.05, 0) is 36.8 Å². The van der Waals surface area contributed by atoms with Crippen LogP contribution in [0.1, 0.15) is 30.2 Å². The summed E-state index contributed by atoms with van der Waals surface area (Å²) in [4.78, 5) is 3.01. The summed E-state index contributed by atoms with van der Waals surface area (Å²) >= 11 is 0. The highest BCUT2D eigenvalue weighted by Crippen LogP contribution is 2.19. The molecule has 0 heterocycles. The van der Waals surface area contributed by atoms with Gasteiger partial charge in [0.15, 0.2) is 0 Å². The number of benzene rings is 2. The first-order valence-corrected chi connectivity index (χ1v) is 8.19. The highest BCUT2D eigenvalue weighted by Gasteiger charge is 2.30. The van der Waals surface area contributed by atoms with Gasteiger partial charge in [0.1, 0.15) is 18.2 Å². The summed E-state index contributed by atoms with van der Waals surface area (Å²) < 4.78 is 0. The van der Waals surface area contributed by atoms with Crippen LogP contribution in [0.2, 0.25) is 0 Å². The lowest BCUT2D eigenvalue weighted by Gasteiger charge is -2.29. The standard InChI is InChI=1S/C20H25N3O/c1-15(20(24)17-8-6-5-7-9-17)23(4)19(14-21)16-10-12-18(13-11-16)22(2)3/h5-13,15,19-20,24H,1-4H3/p+1/t15-,19-,20+/m1/s1. The van der Waals surface area contributed by atoms with E-state index in [2.05, 4.69) is 6.07 Å². The number of anilines is 1. The van der Waals surface area contributed by atoms with E-state index in [4.69, 9.17) is 0 Å². The molecule has 4 atom stereocenters. The molecule has 0 radical (unpaired) electrons. The molecule has 24 heavy (non-hydrogen) atoms. The van der Waals surface area contributed by atoms with Crippen LogP contribution in [-0.2, 0) is 0 Å². The smallest absolute Gasteiger partial charge is 0.200 e. The van der Waals surface area contributed by atoms with Crippen LogP contribution < -0.4 is 9.80 Å². The number of hydrogen-bond acceptors (Lipinski definition) is 3. The number of aliphatic hydroxyl groups is 1. The van der Waals surface area contributed by atoms with Crippen LogP contribution in [0.3, 0.4) is 0 Å². The van der Waals surface area contributed by atoms with Crippen molar-refractivity contribution >= 4 is 5.69 Å². The Morgan fingerprint density at radius 2 is 1.58 bits per heavy atom. The lowest BCUT2D eigenvalue weighted by Crippen LogP contribution is -3.13. The third kappa shape index (κ3) is 3.94. The number of nitriles is 1. The molecule has 126 valence electrons. The molecule has 4 nitrogen and oxygen atoms in total. The summed E-state index contributed by atoms with van der Waals surface area (Å²) in [6.07, 6.45) is -0.608. The van der Waals surface area contributed by atoms with Crippen molar-refractivity contribution in [3.63, 3.8) is 0 Å². The molecule has 0 fully saturated rings. The largest absolute Gasteiger partial charge is 0.382 e. The van der Waals surface area contributed by atoms with Crippen molar-refractivity contribution in [3.05, 3.63) is 65.7 Å². The molecule has 2 aromatic rings. The fraction of sp³-hybridized carbons (Fsp3) is 0.350. The molecule has 1 unspecified atom stereocenters. The van der Waals surface area contributed by atoms with Gasteiger partial charge >= 0.3 is 0 Å². The van der Waals surface area contributed by atoms with Gasteiger partial charge in [-0.25, -0.2) is 0 Å². The molecule has 0 aliphatic carbocycles. The van der Waals surface area contributed by atoms with E-state index in [1.807, 2.05) is 87.6 Å². The topological polar surface area (TPSA) is 51.7 Å². The second kappa shape index (κ2) is 7.96. The summed E-state index contributed by atoms with van der Waals surface area (Å²) in [7, 11) is 5.95. The summed E-state index contributed by atoms with van der Waals surface area (Å²) in [6, 6.07) is 19.6. The maximum Gasteiger partial charge on any atom is 0.200 e. The molecule has 0 spiro atoms. The van der Waals surface area contributed by atoms with E-state index < -0.39 is 6.10 Å². The monoisotopic (exact) mass is 324 g/mol. The van der Waals surface area contributed by atoms with Gasteiger partial charge in [-0.1, -0.05) is 30.3 Å². The Bertz CT molecular complexity index is 676. The molecule has 0 aliphatic rings. The number of rotatable bonds is 6. The van der Waals surface area contributed by atoms with Crippen molar-refractivity contribution in [1.29, 1.82) is 5.26 Å². The van der Waals surface area contributed by atoms with E-state index in [0.717, 1.165) is 21.7 Å². The molecule has 0 bridgehead atoms. The summed E-state index contributed by atoms with van der Waals surface area (Å²) in [6.45, 7) is 1.98. The molecule has 2 N–H and O–H groups in total. The van der Waals surface area contributed by atoms with Crippen molar-refractivity contribution in [1.82, 2.24) is 0 Å². The van der Waals surface area contributed by atoms with Gasteiger partial charge in [-0.15, -0.1) is 0 Å². The van der Waals surface area contributed by atoms with Crippen molar-refractivity contribution < 1.29 is 10.0 Å². The number of likely N-dealkylation sites (N-methyl/N-ethyl adjacent to an activating group) is 1. The highest BCUT2D eigenvalue weighted by molar-refractivity contribution is 5.46. The van der Waals surface area contributed by atoms with Crippen molar-refractivity contribution in [2.75, 3.05) is 26.0 Å². The molecular weight excluding hydrogens is 298 g/mol. The van der Waals surface area contributed by atoms with Gasteiger partial charge in [0, 0.05) is 25.3 Å². The highest BCUT2D eigenvalue weighted by atomic mass is 16.3. The first-order chi connectivity index (χ1) is 11.5. The van der Waals surface area contributed by atoms with E-state index in [1.54, 1.807) is 0 Å². The number of quaternary nitrogens is 1. The molecule has 0 saturated carbocycles. The van der Waals surface area contributed by atoms with Crippen LogP contribution in [-0.4, -0.2) is 32.3 Å². The molecule has 0 aromatic heterocycles. The lowest BCUT2D eigenvalue weighted by molar-refractivity contribution is -0.931. The maximum atomic E-state index is 10.6. The first-order valence-electron chi connectivity index (χ1n) is 8.19. The van der Waals surface area contributed by atoms with Crippen LogP contribution >= 0.6 is 0 Å². The Kier molecular flexibility index (Phi) is 5.97. The van der Waals surface area contributed by atoms with Crippen molar-refractivity contribution in [2.45, 2.75) is 25.1 Å².